The second-order valence-electron chi connectivity index (χ2n) is 9.39. The highest BCUT2D eigenvalue weighted by Gasteiger charge is 2.33. The van der Waals surface area contributed by atoms with Gasteiger partial charge in [-0.25, -0.2) is 4.79 Å². The van der Waals surface area contributed by atoms with Crippen LogP contribution < -0.4 is 0 Å². The number of ether oxygens (including phenoxy) is 1. The van der Waals surface area contributed by atoms with Crippen LogP contribution in [0.25, 0.3) is 0 Å². The standard InChI is InChI=1S/C24H34N2O4/c1-18(26-14-10-21(30-22(26)27)17-23(2,3)28)20-7-5-19(6-8-20)9-11-24(29)12-15-25(4)16-13-24/h5-8,18,21,28-29H,10,12-17H2,1-4H3. The largest absolute Gasteiger partial charge is 0.446 e. The highest BCUT2D eigenvalue weighted by molar-refractivity contribution is 5.69. The van der Waals surface area contributed by atoms with Gasteiger partial charge in [-0.15, -0.1) is 0 Å². The van der Waals surface area contributed by atoms with E-state index in [0.717, 1.165) is 24.2 Å². The molecule has 2 fully saturated rings. The highest BCUT2D eigenvalue weighted by Crippen LogP contribution is 2.28. The van der Waals surface area contributed by atoms with Crippen LogP contribution in [0.4, 0.5) is 4.79 Å². The van der Waals surface area contributed by atoms with Crippen molar-refractivity contribution < 1.29 is 19.7 Å². The average Bonchev–Trinajstić information content (AvgIpc) is 2.68. The number of nitrogens with zero attached hydrogens (tertiary/aromatic N) is 2. The van der Waals surface area contributed by atoms with E-state index in [1.54, 1.807) is 18.7 Å². The van der Waals surface area contributed by atoms with Crippen molar-refractivity contribution >= 4 is 6.09 Å². The van der Waals surface area contributed by atoms with Gasteiger partial charge in [0.1, 0.15) is 11.7 Å². The minimum Gasteiger partial charge on any atom is -0.446 e. The molecule has 2 aliphatic rings. The first-order chi connectivity index (χ1) is 14.0. The molecule has 2 atom stereocenters. The van der Waals surface area contributed by atoms with Gasteiger partial charge in [-0.3, -0.25) is 0 Å². The topological polar surface area (TPSA) is 73.2 Å². The van der Waals surface area contributed by atoms with Crippen molar-refractivity contribution in [2.24, 2.45) is 0 Å². The fourth-order valence-corrected chi connectivity index (χ4v) is 4.02. The first-order valence-electron chi connectivity index (χ1n) is 10.8. The fraction of sp³-hybridized carbons (Fsp3) is 0.625. The summed E-state index contributed by atoms with van der Waals surface area (Å²) in [7, 11) is 2.05. The Bertz CT molecular complexity index is 795. The minimum absolute atomic E-state index is 0.110. The summed E-state index contributed by atoms with van der Waals surface area (Å²) in [6, 6.07) is 7.71. The maximum absolute atomic E-state index is 12.5. The van der Waals surface area contributed by atoms with Gasteiger partial charge in [-0.2, -0.15) is 0 Å². The van der Waals surface area contributed by atoms with Crippen molar-refractivity contribution in [2.45, 2.75) is 69.8 Å². The Morgan fingerprint density at radius 3 is 2.43 bits per heavy atom. The summed E-state index contributed by atoms with van der Waals surface area (Å²) in [5, 5.41) is 20.6. The third-order valence-electron chi connectivity index (χ3n) is 6.04. The van der Waals surface area contributed by atoms with Crippen molar-refractivity contribution in [3.05, 3.63) is 35.4 Å². The molecule has 2 N–H and O–H groups in total. The molecule has 164 valence electrons. The van der Waals surface area contributed by atoms with Gasteiger partial charge in [0.2, 0.25) is 0 Å². The predicted molar refractivity (Wildman–Crippen MR) is 116 cm³/mol. The van der Waals surface area contributed by atoms with Crippen molar-refractivity contribution in [3.63, 3.8) is 0 Å². The first kappa shape index (κ1) is 22.6. The molecule has 1 aromatic carbocycles. The zero-order chi connectivity index (χ0) is 21.9. The number of amides is 1. The first-order valence-corrected chi connectivity index (χ1v) is 10.8. The third kappa shape index (κ3) is 5.98. The summed E-state index contributed by atoms with van der Waals surface area (Å²) >= 11 is 0. The number of carbonyl (C=O) groups is 1. The second kappa shape index (κ2) is 8.97. The molecule has 6 heteroatoms. The monoisotopic (exact) mass is 414 g/mol. The van der Waals surface area contributed by atoms with Gasteiger partial charge in [0, 0.05) is 50.9 Å². The smallest absolute Gasteiger partial charge is 0.410 e. The number of rotatable bonds is 4. The lowest BCUT2D eigenvalue weighted by atomic mass is 9.92. The van der Waals surface area contributed by atoms with Crippen molar-refractivity contribution in [1.82, 2.24) is 9.80 Å². The zero-order valence-electron chi connectivity index (χ0n) is 18.5. The number of likely N-dealkylation sites (tertiary alicyclic amines) is 1. The average molecular weight is 415 g/mol. The van der Waals surface area contributed by atoms with Gasteiger partial charge >= 0.3 is 6.09 Å². The molecule has 1 amide bonds. The van der Waals surface area contributed by atoms with Crippen molar-refractivity contribution in [1.29, 1.82) is 0 Å². The normalized spacial score (nSPS) is 23.3. The van der Waals surface area contributed by atoms with E-state index < -0.39 is 11.2 Å². The van der Waals surface area contributed by atoms with Crippen molar-refractivity contribution in [2.75, 3.05) is 26.7 Å². The van der Waals surface area contributed by atoms with E-state index in [4.69, 9.17) is 4.74 Å². The predicted octanol–water partition coefficient (Wildman–Crippen LogP) is 2.93. The lowest BCUT2D eigenvalue weighted by molar-refractivity contribution is -0.0309. The summed E-state index contributed by atoms with van der Waals surface area (Å²) in [4.78, 5) is 16.4. The highest BCUT2D eigenvalue weighted by atomic mass is 16.6. The number of piperidine rings is 1. The molecule has 0 aromatic heterocycles. The Labute approximate surface area is 179 Å². The summed E-state index contributed by atoms with van der Waals surface area (Å²) in [6.45, 7) is 7.75. The van der Waals surface area contributed by atoms with Gasteiger partial charge in [0.05, 0.1) is 11.6 Å². The Kier molecular flexibility index (Phi) is 6.76. The molecular weight excluding hydrogens is 380 g/mol. The number of carbonyl (C=O) groups excluding carboxylic acids is 1. The molecule has 2 heterocycles. The van der Waals surface area contributed by atoms with Crippen LogP contribution in [0.3, 0.4) is 0 Å². The summed E-state index contributed by atoms with van der Waals surface area (Å²) < 4.78 is 5.54. The number of cyclic esters (lactones) is 1. The molecule has 0 spiro atoms. The van der Waals surface area contributed by atoms with Gasteiger partial charge in [0.15, 0.2) is 0 Å². The number of hydrogen-bond acceptors (Lipinski definition) is 5. The Morgan fingerprint density at radius 2 is 1.87 bits per heavy atom. The van der Waals surface area contributed by atoms with E-state index in [1.807, 2.05) is 31.2 Å². The van der Waals surface area contributed by atoms with Crippen molar-refractivity contribution in [3.8, 4) is 11.8 Å². The van der Waals surface area contributed by atoms with Gasteiger partial charge in [-0.1, -0.05) is 24.0 Å². The number of benzene rings is 1. The van der Waals surface area contributed by atoms with Crippen LogP contribution in [-0.4, -0.2) is 70.1 Å². The van der Waals surface area contributed by atoms with E-state index >= 15 is 0 Å². The number of aliphatic hydroxyl groups is 2. The maximum atomic E-state index is 12.5. The molecule has 0 aliphatic carbocycles. The Balaban J connectivity index is 1.60. The van der Waals surface area contributed by atoms with E-state index in [-0.39, 0.29) is 18.2 Å². The number of hydrogen-bond donors (Lipinski definition) is 2. The molecule has 2 aliphatic heterocycles. The molecule has 6 nitrogen and oxygen atoms in total. The maximum Gasteiger partial charge on any atom is 0.410 e. The molecule has 0 radical (unpaired) electrons. The molecule has 2 unspecified atom stereocenters. The van der Waals surface area contributed by atoms with E-state index in [2.05, 4.69) is 23.8 Å². The van der Waals surface area contributed by atoms with E-state index in [9.17, 15) is 15.0 Å². The second-order valence-corrected chi connectivity index (χ2v) is 9.39. The molecule has 1 aromatic rings. The van der Waals surface area contributed by atoms with Crippen LogP contribution in [0.15, 0.2) is 24.3 Å². The van der Waals surface area contributed by atoms with Crippen LogP contribution in [0.1, 0.15) is 63.6 Å². The SMILES string of the molecule is CC(c1ccc(C#CC2(O)CCN(C)CC2)cc1)N1CCC(CC(C)(C)O)OC1=O. The van der Waals surface area contributed by atoms with Crippen LogP contribution in [0, 0.1) is 11.8 Å². The lowest BCUT2D eigenvalue weighted by Crippen LogP contribution is -2.45. The molecule has 2 saturated heterocycles. The summed E-state index contributed by atoms with van der Waals surface area (Å²) in [6.07, 6.45) is 1.89. The summed E-state index contributed by atoms with van der Waals surface area (Å²) in [5.41, 5.74) is 0.104. The van der Waals surface area contributed by atoms with Crippen LogP contribution >= 0.6 is 0 Å². The third-order valence-corrected chi connectivity index (χ3v) is 6.04. The molecule has 30 heavy (non-hydrogen) atoms. The Hall–Kier alpha value is -2.07. The van der Waals surface area contributed by atoms with Crippen LogP contribution in [0.5, 0.6) is 0 Å². The van der Waals surface area contributed by atoms with E-state index in [1.165, 1.54) is 0 Å². The zero-order valence-corrected chi connectivity index (χ0v) is 18.5. The molecule has 3 rings (SSSR count). The van der Waals surface area contributed by atoms with Gasteiger partial charge in [-0.05, 0) is 45.5 Å². The van der Waals surface area contributed by atoms with E-state index in [0.29, 0.717) is 32.2 Å². The summed E-state index contributed by atoms with van der Waals surface area (Å²) in [5.74, 6) is 6.16. The quantitative estimate of drug-likeness (QED) is 0.741. The van der Waals surface area contributed by atoms with Gasteiger partial charge < -0.3 is 24.7 Å². The van der Waals surface area contributed by atoms with Crippen LogP contribution in [0.2, 0.25) is 0 Å². The fourth-order valence-electron chi connectivity index (χ4n) is 4.02. The molecule has 0 saturated carbocycles. The molecular formula is C24H34N2O4. The molecule has 0 bridgehead atoms. The van der Waals surface area contributed by atoms with Gasteiger partial charge in [0.25, 0.3) is 0 Å². The lowest BCUT2D eigenvalue weighted by Gasteiger charge is -2.37. The Morgan fingerprint density at radius 1 is 1.23 bits per heavy atom. The minimum atomic E-state index is -0.907. The van der Waals surface area contributed by atoms with Crippen LogP contribution in [-0.2, 0) is 4.74 Å².